The van der Waals surface area contributed by atoms with Crippen molar-refractivity contribution >= 4 is 34.8 Å². The van der Waals surface area contributed by atoms with Crippen molar-refractivity contribution in [1.29, 1.82) is 0 Å². The Morgan fingerprint density at radius 2 is 1.73 bits per heavy atom. The first kappa shape index (κ1) is 20.9. The van der Waals surface area contributed by atoms with Gasteiger partial charge in [-0.25, -0.2) is 0 Å². The molecule has 0 aromatic heterocycles. The summed E-state index contributed by atoms with van der Waals surface area (Å²) in [5, 5.41) is 3.59. The number of likely N-dealkylation sites (tertiary alicyclic amines) is 1. The van der Waals surface area contributed by atoms with Gasteiger partial charge < -0.3 is 10.2 Å². The van der Waals surface area contributed by atoms with Gasteiger partial charge in [0.2, 0.25) is 11.8 Å². The zero-order chi connectivity index (χ0) is 21.1. The number of carbonyl (C=O) groups is 2. The van der Waals surface area contributed by atoms with Gasteiger partial charge >= 0.3 is 0 Å². The van der Waals surface area contributed by atoms with Crippen LogP contribution in [0.25, 0.3) is 0 Å². The molecule has 0 bridgehead atoms. The SMILES string of the molecule is CC1CCN(Cc2ccc(NC(=O)C3CC(=O)N(c4ccc(Cl)cc4)C3)cc2)CC1. The largest absolute Gasteiger partial charge is 0.326 e. The average Bonchev–Trinajstić information content (AvgIpc) is 3.13. The monoisotopic (exact) mass is 425 g/mol. The molecule has 30 heavy (non-hydrogen) atoms. The van der Waals surface area contributed by atoms with Crippen LogP contribution in [0.1, 0.15) is 31.7 Å². The minimum atomic E-state index is -0.358. The zero-order valence-electron chi connectivity index (χ0n) is 17.3. The molecule has 2 aliphatic rings. The predicted molar refractivity (Wildman–Crippen MR) is 121 cm³/mol. The molecule has 0 spiro atoms. The quantitative estimate of drug-likeness (QED) is 0.763. The van der Waals surface area contributed by atoms with E-state index in [0.717, 1.165) is 36.9 Å². The maximum Gasteiger partial charge on any atom is 0.229 e. The van der Waals surface area contributed by atoms with Crippen LogP contribution in [-0.4, -0.2) is 36.3 Å². The third-order valence-corrected chi connectivity index (χ3v) is 6.39. The highest BCUT2D eigenvalue weighted by atomic mass is 35.5. The second-order valence-corrected chi connectivity index (χ2v) is 8.96. The third kappa shape index (κ3) is 5.02. The highest BCUT2D eigenvalue weighted by molar-refractivity contribution is 6.30. The van der Waals surface area contributed by atoms with Crippen molar-refractivity contribution in [1.82, 2.24) is 4.90 Å². The van der Waals surface area contributed by atoms with Gasteiger partial charge in [-0.2, -0.15) is 0 Å². The van der Waals surface area contributed by atoms with Gasteiger partial charge in [0.25, 0.3) is 0 Å². The number of carbonyl (C=O) groups excluding carboxylic acids is 2. The summed E-state index contributed by atoms with van der Waals surface area (Å²) in [7, 11) is 0. The molecule has 1 atom stereocenters. The topological polar surface area (TPSA) is 52.7 Å². The number of benzene rings is 2. The standard InChI is InChI=1S/C24H28ClN3O2/c1-17-10-12-27(13-11-17)15-18-2-6-21(7-3-18)26-24(30)19-14-23(29)28(16-19)22-8-4-20(25)5-9-22/h2-9,17,19H,10-16H2,1H3,(H,26,30). The number of halogens is 1. The van der Waals surface area contributed by atoms with Crippen molar-refractivity contribution in [3.05, 3.63) is 59.1 Å². The minimum Gasteiger partial charge on any atom is -0.326 e. The molecular weight excluding hydrogens is 398 g/mol. The second kappa shape index (κ2) is 9.19. The van der Waals surface area contributed by atoms with Crippen molar-refractivity contribution in [3.8, 4) is 0 Å². The summed E-state index contributed by atoms with van der Waals surface area (Å²) in [4.78, 5) is 29.2. The maximum atomic E-state index is 12.7. The summed E-state index contributed by atoms with van der Waals surface area (Å²) in [6.45, 7) is 5.96. The van der Waals surface area contributed by atoms with Crippen LogP contribution < -0.4 is 10.2 Å². The molecule has 1 N–H and O–H groups in total. The fraction of sp³-hybridized carbons (Fsp3) is 0.417. The number of nitrogens with zero attached hydrogens (tertiary/aromatic N) is 2. The Hall–Kier alpha value is -2.37. The Morgan fingerprint density at radius 1 is 1.07 bits per heavy atom. The van der Waals surface area contributed by atoms with Gasteiger partial charge in [-0.15, -0.1) is 0 Å². The van der Waals surface area contributed by atoms with E-state index in [2.05, 4.69) is 29.3 Å². The van der Waals surface area contributed by atoms with Gasteiger partial charge in [0.05, 0.1) is 5.92 Å². The molecule has 2 aliphatic heterocycles. The molecule has 0 aliphatic carbocycles. The third-order valence-electron chi connectivity index (χ3n) is 6.14. The van der Waals surface area contributed by atoms with Crippen LogP contribution in [0.2, 0.25) is 5.02 Å². The Kier molecular flexibility index (Phi) is 6.40. The Bertz CT molecular complexity index is 890. The zero-order valence-corrected chi connectivity index (χ0v) is 18.1. The summed E-state index contributed by atoms with van der Waals surface area (Å²) < 4.78 is 0. The number of anilines is 2. The van der Waals surface area contributed by atoms with Crippen LogP contribution in [0, 0.1) is 11.8 Å². The van der Waals surface area contributed by atoms with Crippen LogP contribution in [0.4, 0.5) is 11.4 Å². The van der Waals surface area contributed by atoms with Gasteiger partial charge in [0, 0.05) is 35.9 Å². The highest BCUT2D eigenvalue weighted by Crippen LogP contribution is 2.27. The number of nitrogens with one attached hydrogen (secondary N) is 1. The first-order chi connectivity index (χ1) is 14.5. The Labute approximate surface area is 183 Å². The van der Waals surface area contributed by atoms with E-state index in [4.69, 9.17) is 11.6 Å². The van der Waals surface area contributed by atoms with Crippen LogP contribution >= 0.6 is 11.6 Å². The second-order valence-electron chi connectivity index (χ2n) is 8.53. The summed E-state index contributed by atoms with van der Waals surface area (Å²) in [5.41, 5.74) is 2.80. The molecule has 0 radical (unpaired) electrons. The molecule has 0 saturated carbocycles. The normalized spacial score (nSPS) is 20.5. The number of hydrogen-bond acceptors (Lipinski definition) is 3. The lowest BCUT2D eigenvalue weighted by atomic mass is 9.99. The van der Waals surface area contributed by atoms with E-state index in [0.29, 0.717) is 11.6 Å². The van der Waals surface area contributed by atoms with Crippen molar-refractivity contribution in [2.45, 2.75) is 32.7 Å². The molecule has 2 heterocycles. The Balaban J connectivity index is 1.31. The summed E-state index contributed by atoms with van der Waals surface area (Å²) in [5.74, 6) is 0.321. The molecule has 1 unspecified atom stereocenters. The molecular formula is C24H28ClN3O2. The molecule has 2 fully saturated rings. The van der Waals surface area contributed by atoms with E-state index in [1.165, 1.54) is 18.4 Å². The smallest absolute Gasteiger partial charge is 0.229 e. The van der Waals surface area contributed by atoms with Crippen LogP contribution in [-0.2, 0) is 16.1 Å². The van der Waals surface area contributed by atoms with E-state index in [-0.39, 0.29) is 24.2 Å². The lowest BCUT2D eigenvalue weighted by Crippen LogP contribution is -2.32. The average molecular weight is 426 g/mol. The number of hydrogen-bond donors (Lipinski definition) is 1. The maximum absolute atomic E-state index is 12.7. The molecule has 6 heteroatoms. The lowest BCUT2D eigenvalue weighted by Gasteiger charge is -2.30. The van der Waals surface area contributed by atoms with Crippen molar-refractivity contribution in [3.63, 3.8) is 0 Å². The summed E-state index contributed by atoms with van der Waals surface area (Å²) in [6, 6.07) is 15.2. The van der Waals surface area contributed by atoms with Crippen LogP contribution in [0.15, 0.2) is 48.5 Å². The van der Waals surface area contributed by atoms with Gasteiger partial charge in [-0.1, -0.05) is 30.7 Å². The fourth-order valence-electron chi connectivity index (χ4n) is 4.17. The first-order valence-electron chi connectivity index (χ1n) is 10.7. The fourth-order valence-corrected chi connectivity index (χ4v) is 4.30. The van der Waals surface area contributed by atoms with E-state index in [1.54, 1.807) is 17.0 Å². The van der Waals surface area contributed by atoms with E-state index < -0.39 is 0 Å². The van der Waals surface area contributed by atoms with E-state index in [9.17, 15) is 9.59 Å². The van der Waals surface area contributed by atoms with Gasteiger partial charge in [-0.3, -0.25) is 14.5 Å². The molecule has 2 amide bonds. The molecule has 2 saturated heterocycles. The van der Waals surface area contributed by atoms with Gasteiger partial charge in [0.15, 0.2) is 0 Å². The number of rotatable bonds is 5. The Morgan fingerprint density at radius 3 is 2.40 bits per heavy atom. The molecule has 4 rings (SSSR count). The minimum absolute atomic E-state index is 0.0383. The predicted octanol–water partition coefficient (Wildman–Crippen LogP) is 4.56. The van der Waals surface area contributed by atoms with Crippen LogP contribution in [0.3, 0.4) is 0 Å². The lowest BCUT2D eigenvalue weighted by molar-refractivity contribution is -0.122. The first-order valence-corrected chi connectivity index (χ1v) is 11.0. The highest BCUT2D eigenvalue weighted by Gasteiger charge is 2.35. The number of amides is 2. The van der Waals surface area contributed by atoms with E-state index in [1.807, 2.05) is 24.3 Å². The van der Waals surface area contributed by atoms with Crippen molar-refractivity contribution in [2.75, 3.05) is 29.9 Å². The summed E-state index contributed by atoms with van der Waals surface area (Å²) in [6.07, 6.45) is 2.75. The number of piperidine rings is 1. The van der Waals surface area contributed by atoms with Crippen molar-refractivity contribution in [2.24, 2.45) is 11.8 Å². The van der Waals surface area contributed by atoms with Crippen molar-refractivity contribution < 1.29 is 9.59 Å². The molecule has 158 valence electrons. The summed E-state index contributed by atoms with van der Waals surface area (Å²) >= 11 is 5.93. The van der Waals surface area contributed by atoms with E-state index >= 15 is 0 Å². The van der Waals surface area contributed by atoms with Gasteiger partial charge in [0.1, 0.15) is 0 Å². The molecule has 5 nitrogen and oxygen atoms in total. The molecule has 2 aromatic rings. The van der Waals surface area contributed by atoms with Crippen LogP contribution in [0.5, 0.6) is 0 Å². The molecule has 2 aromatic carbocycles. The van der Waals surface area contributed by atoms with Gasteiger partial charge in [-0.05, 0) is 73.8 Å².